The fourth-order valence-corrected chi connectivity index (χ4v) is 2.84. The van der Waals surface area contributed by atoms with Crippen LogP contribution in [0.2, 0.25) is 5.02 Å². The Bertz CT molecular complexity index is 860. The molecule has 0 bridgehead atoms. The van der Waals surface area contributed by atoms with Crippen LogP contribution in [0.4, 0.5) is 4.39 Å². The van der Waals surface area contributed by atoms with Gasteiger partial charge in [0.15, 0.2) is 11.5 Å². The molecule has 1 heterocycles. The van der Waals surface area contributed by atoms with E-state index in [1.165, 1.54) is 18.2 Å². The minimum absolute atomic E-state index is 0.111. The molecule has 2 amide bonds. The van der Waals surface area contributed by atoms with Crippen molar-refractivity contribution in [3.8, 4) is 11.5 Å². The number of fused-ring (bicyclic) bond motifs is 1. The summed E-state index contributed by atoms with van der Waals surface area (Å²) in [6.07, 6.45) is 0.763. The fourth-order valence-electron chi connectivity index (χ4n) is 2.55. The van der Waals surface area contributed by atoms with Crippen molar-refractivity contribution < 1.29 is 23.5 Å². The number of carbonyl (C=O) groups is 2. The van der Waals surface area contributed by atoms with E-state index in [1.54, 1.807) is 18.2 Å². The molecule has 2 N–H and O–H groups in total. The first-order valence-corrected chi connectivity index (χ1v) is 8.80. The van der Waals surface area contributed by atoms with Crippen LogP contribution in [0.25, 0.3) is 0 Å². The summed E-state index contributed by atoms with van der Waals surface area (Å²) in [5, 5.41) is 5.46. The topological polar surface area (TPSA) is 76.7 Å². The van der Waals surface area contributed by atoms with Crippen LogP contribution >= 0.6 is 11.6 Å². The number of ether oxygens (including phenoxy) is 2. The van der Waals surface area contributed by atoms with Gasteiger partial charge >= 0.3 is 0 Å². The van der Waals surface area contributed by atoms with E-state index in [2.05, 4.69) is 10.6 Å². The summed E-state index contributed by atoms with van der Waals surface area (Å²) in [5.74, 6) is -0.666. The number of amides is 2. The van der Waals surface area contributed by atoms with Crippen LogP contribution in [0.15, 0.2) is 36.4 Å². The number of hydrogen-bond donors (Lipinski definition) is 2. The predicted octanol–water partition coefficient (Wildman–Crippen LogP) is 2.69. The third-order valence-corrected chi connectivity index (χ3v) is 4.16. The first-order valence-electron chi connectivity index (χ1n) is 8.42. The smallest absolute Gasteiger partial charge is 0.254 e. The van der Waals surface area contributed by atoms with Gasteiger partial charge in [-0.3, -0.25) is 9.59 Å². The average Bonchev–Trinajstić information content (AvgIpc) is 2.90. The van der Waals surface area contributed by atoms with Gasteiger partial charge in [-0.05, 0) is 29.8 Å². The Morgan fingerprint density at radius 2 is 1.89 bits per heavy atom. The molecule has 2 aromatic carbocycles. The second-order valence-electron chi connectivity index (χ2n) is 5.89. The Labute approximate surface area is 160 Å². The van der Waals surface area contributed by atoms with Crippen molar-refractivity contribution >= 4 is 23.4 Å². The van der Waals surface area contributed by atoms with Gasteiger partial charge < -0.3 is 20.1 Å². The molecule has 0 atom stereocenters. The van der Waals surface area contributed by atoms with Crippen molar-refractivity contribution in [1.82, 2.24) is 10.6 Å². The molecule has 0 saturated carbocycles. The second kappa shape index (κ2) is 8.73. The van der Waals surface area contributed by atoms with Gasteiger partial charge in [-0.2, -0.15) is 0 Å². The van der Waals surface area contributed by atoms with E-state index < -0.39 is 17.6 Å². The third kappa shape index (κ3) is 4.89. The van der Waals surface area contributed by atoms with Crippen LogP contribution in [0.3, 0.4) is 0 Å². The van der Waals surface area contributed by atoms with Crippen molar-refractivity contribution in [3.63, 3.8) is 0 Å². The molecular weight excluding hydrogens is 375 g/mol. The molecule has 0 aromatic heterocycles. The Morgan fingerprint density at radius 3 is 2.70 bits per heavy atom. The number of rotatable bonds is 5. The quantitative estimate of drug-likeness (QED) is 0.820. The van der Waals surface area contributed by atoms with Gasteiger partial charge in [-0.15, -0.1) is 0 Å². The lowest BCUT2D eigenvalue weighted by Crippen LogP contribution is -2.36. The lowest BCUT2D eigenvalue weighted by Gasteiger charge is -2.12. The highest BCUT2D eigenvalue weighted by Gasteiger charge is 2.16. The number of halogens is 2. The van der Waals surface area contributed by atoms with E-state index >= 15 is 0 Å². The monoisotopic (exact) mass is 392 g/mol. The number of benzene rings is 2. The minimum atomic E-state index is -0.651. The van der Waals surface area contributed by atoms with Gasteiger partial charge in [0, 0.05) is 13.0 Å². The standard InChI is InChI=1S/C19H18ClFN2O4/c20-14-8-12(9-16-18(14)27-7-3-6-26-16)10-22-17(24)11-23-19(25)13-4-1-2-5-15(13)21/h1-2,4-5,8-9H,3,6-7,10-11H2,(H,22,24)(H,23,25). The predicted molar refractivity (Wildman–Crippen MR) is 97.6 cm³/mol. The molecule has 6 nitrogen and oxygen atoms in total. The Balaban J connectivity index is 1.53. The van der Waals surface area contributed by atoms with E-state index in [4.69, 9.17) is 21.1 Å². The lowest BCUT2D eigenvalue weighted by molar-refractivity contribution is -0.120. The van der Waals surface area contributed by atoms with Gasteiger partial charge in [-0.25, -0.2) is 4.39 Å². The molecule has 27 heavy (non-hydrogen) atoms. The van der Waals surface area contributed by atoms with Crippen LogP contribution in [0.5, 0.6) is 11.5 Å². The van der Waals surface area contributed by atoms with Gasteiger partial charge in [0.05, 0.1) is 30.3 Å². The summed E-state index contributed by atoms with van der Waals surface area (Å²) < 4.78 is 24.7. The average molecular weight is 393 g/mol. The largest absolute Gasteiger partial charge is 0.489 e. The maximum Gasteiger partial charge on any atom is 0.254 e. The third-order valence-electron chi connectivity index (χ3n) is 3.88. The maximum atomic E-state index is 13.5. The van der Waals surface area contributed by atoms with Crippen molar-refractivity contribution in [3.05, 3.63) is 58.4 Å². The first-order chi connectivity index (χ1) is 13.0. The summed E-state index contributed by atoms with van der Waals surface area (Å²) in [6.45, 7) is 0.988. The van der Waals surface area contributed by atoms with Crippen molar-refractivity contribution in [2.45, 2.75) is 13.0 Å². The zero-order valence-electron chi connectivity index (χ0n) is 14.4. The van der Waals surface area contributed by atoms with Crippen LogP contribution in [-0.4, -0.2) is 31.6 Å². The highest BCUT2D eigenvalue weighted by Crippen LogP contribution is 2.37. The molecule has 3 rings (SSSR count). The summed E-state index contributed by atoms with van der Waals surface area (Å²) in [6, 6.07) is 9.01. The molecule has 2 aromatic rings. The molecule has 0 unspecified atom stereocenters. The Kier molecular flexibility index (Phi) is 6.13. The zero-order chi connectivity index (χ0) is 19.2. The van der Waals surface area contributed by atoms with E-state index in [0.717, 1.165) is 12.0 Å². The summed E-state index contributed by atoms with van der Waals surface area (Å²) >= 11 is 6.21. The zero-order valence-corrected chi connectivity index (χ0v) is 15.1. The van der Waals surface area contributed by atoms with E-state index in [-0.39, 0.29) is 18.7 Å². The van der Waals surface area contributed by atoms with Gasteiger partial charge in [0.25, 0.3) is 5.91 Å². The van der Waals surface area contributed by atoms with Crippen molar-refractivity contribution in [2.24, 2.45) is 0 Å². The second-order valence-corrected chi connectivity index (χ2v) is 6.30. The van der Waals surface area contributed by atoms with Gasteiger partial charge in [0.1, 0.15) is 5.82 Å². The molecule has 142 valence electrons. The number of carbonyl (C=O) groups excluding carboxylic acids is 2. The molecule has 1 aliphatic rings. The number of hydrogen-bond acceptors (Lipinski definition) is 4. The Hall–Kier alpha value is -2.80. The van der Waals surface area contributed by atoms with E-state index in [9.17, 15) is 14.0 Å². The lowest BCUT2D eigenvalue weighted by atomic mass is 10.2. The normalized spacial score (nSPS) is 12.8. The molecule has 0 spiro atoms. The molecule has 1 aliphatic heterocycles. The summed E-state index contributed by atoms with van der Waals surface area (Å²) in [7, 11) is 0. The SMILES string of the molecule is O=C(CNC(=O)c1ccccc1F)NCc1cc(Cl)c2c(c1)OCCCO2. The molecule has 0 saturated heterocycles. The molecule has 0 fully saturated rings. The molecule has 8 heteroatoms. The fraction of sp³-hybridized carbons (Fsp3) is 0.263. The molecule has 0 radical (unpaired) electrons. The number of nitrogens with one attached hydrogen (secondary N) is 2. The van der Waals surface area contributed by atoms with Crippen LogP contribution < -0.4 is 20.1 Å². The maximum absolute atomic E-state index is 13.5. The van der Waals surface area contributed by atoms with Crippen molar-refractivity contribution in [2.75, 3.05) is 19.8 Å². The highest BCUT2D eigenvalue weighted by molar-refractivity contribution is 6.32. The molecular formula is C19H18ClFN2O4. The molecule has 0 aliphatic carbocycles. The van der Waals surface area contributed by atoms with E-state index in [0.29, 0.717) is 29.7 Å². The Morgan fingerprint density at radius 1 is 1.11 bits per heavy atom. The highest BCUT2D eigenvalue weighted by atomic mass is 35.5. The summed E-state index contributed by atoms with van der Waals surface area (Å²) in [5.41, 5.74) is 0.623. The minimum Gasteiger partial charge on any atom is -0.489 e. The van der Waals surface area contributed by atoms with Crippen LogP contribution in [0, 0.1) is 5.82 Å². The first kappa shape index (κ1) is 19.0. The van der Waals surface area contributed by atoms with E-state index in [1.807, 2.05) is 0 Å². The van der Waals surface area contributed by atoms with Gasteiger partial charge in [0.2, 0.25) is 5.91 Å². The van der Waals surface area contributed by atoms with Gasteiger partial charge in [-0.1, -0.05) is 23.7 Å². The van der Waals surface area contributed by atoms with Crippen molar-refractivity contribution in [1.29, 1.82) is 0 Å². The van der Waals surface area contributed by atoms with Crippen LogP contribution in [0.1, 0.15) is 22.3 Å². The van der Waals surface area contributed by atoms with Crippen LogP contribution in [-0.2, 0) is 11.3 Å². The summed E-state index contributed by atoms with van der Waals surface area (Å²) in [4.78, 5) is 23.9.